The van der Waals surface area contributed by atoms with Gasteiger partial charge in [-0.2, -0.15) is 23.3 Å². The lowest BCUT2D eigenvalue weighted by molar-refractivity contribution is -0.139. The van der Waals surface area contributed by atoms with Crippen LogP contribution in [0.25, 0.3) is 0 Å². The Morgan fingerprint density at radius 3 is 2.78 bits per heavy atom. The third kappa shape index (κ3) is 4.31. The van der Waals surface area contributed by atoms with E-state index in [1.54, 1.807) is 4.90 Å². The molecular formula is C19H14ClF4N5O3. The van der Waals surface area contributed by atoms with Gasteiger partial charge >= 0.3 is 11.9 Å². The summed E-state index contributed by atoms with van der Waals surface area (Å²) in [5, 5.41) is 5.88. The van der Waals surface area contributed by atoms with E-state index >= 15 is 0 Å². The van der Waals surface area contributed by atoms with Gasteiger partial charge in [0.15, 0.2) is 0 Å². The number of ether oxygens (including phenoxy) is 1. The molecule has 8 nitrogen and oxygen atoms in total. The molecule has 0 saturated heterocycles. The van der Waals surface area contributed by atoms with Crippen LogP contribution in [0.4, 0.5) is 23.2 Å². The van der Waals surface area contributed by atoms with Crippen LogP contribution in [0, 0.1) is 5.82 Å². The summed E-state index contributed by atoms with van der Waals surface area (Å²) in [6.07, 6.45) is -3.10. The first-order chi connectivity index (χ1) is 15.1. The summed E-state index contributed by atoms with van der Waals surface area (Å²) in [4.78, 5) is 31.9. The average molecular weight is 472 g/mol. The van der Waals surface area contributed by atoms with E-state index in [1.165, 1.54) is 6.20 Å². The van der Waals surface area contributed by atoms with Crippen molar-refractivity contribution in [2.45, 2.75) is 25.7 Å². The van der Waals surface area contributed by atoms with Gasteiger partial charge in [-0.3, -0.25) is 4.79 Å². The van der Waals surface area contributed by atoms with Gasteiger partial charge in [-0.25, -0.2) is 14.3 Å². The Labute approximate surface area is 181 Å². The van der Waals surface area contributed by atoms with Gasteiger partial charge < -0.3 is 14.6 Å². The first-order valence-corrected chi connectivity index (χ1v) is 9.60. The fourth-order valence-corrected chi connectivity index (χ4v) is 3.67. The van der Waals surface area contributed by atoms with Crippen LogP contribution >= 0.6 is 11.6 Å². The molecule has 0 unspecified atom stereocenters. The van der Waals surface area contributed by atoms with Crippen LogP contribution in [0.2, 0.25) is 5.02 Å². The van der Waals surface area contributed by atoms with Crippen LogP contribution < -0.4 is 20.9 Å². The molecule has 0 bridgehead atoms. The van der Waals surface area contributed by atoms with E-state index in [0.717, 1.165) is 12.1 Å². The molecule has 2 N–H and O–H groups in total. The Balaban J connectivity index is 1.62. The molecule has 2 aromatic heterocycles. The fourth-order valence-electron chi connectivity index (χ4n) is 3.46. The van der Waals surface area contributed by atoms with E-state index in [4.69, 9.17) is 16.3 Å². The summed E-state index contributed by atoms with van der Waals surface area (Å²) in [6, 6.07) is 2.07. The van der Waals surface area contributed by atoms with Crippen LogP contribution in [0.15, 0.2) is 34.0 Å². The molecule has 0 fully saturated rings. The molecule has 0 radical (unpaired) electrons. The number of benzene rings is 1. The second kappa shape index (κ2) is 8.26. The minimum absolute atomic E-state index is 0.0561. The van der Waals surface area contributed by atoms with Gasteiger partial charge in [0.25, 0.3) is 5.56 Å². The monoisotopic (exact) mass is 471 g/mol. The highest BCUT2D eigenvalue weighted by atomic mass is 35.5. The van der Waals surface area contributed by atoms with Gasteiger partial charge in [-0.1, -0.05) is 11.6 Å². The highest BCUT2D eigenvalue weighted by Gasteiger charge is 2.35. The second-order valence-electron chi connectivity index (χ2n) is 6.94. The van der Waals surface area contributed by atoms with Crippen molar-refractivity contribution >= 4 is 17.3 Å². The van der Waals surface area contributed by atoms with Gasteiger partial charge in [0.05, 0.1) is 24.1 Å². The molecule has 3 aromatic rings. The lowest BCUT2D eigenvalue weighted by atomic mass is 10.0. The number of hydrogen-bond acceptors (Lipinski definition) is 6. The van der Waals surface area contributed by atoms with Crippen molar-refractivity contribution < 1.29 is 22.3 Å². The maximum Gasteiger partial charge on any atom is 0.420 e. The van der Waals surface area contributed by atoms with E-state index < -0.39 is 41.2 Å². The zero-order chi connectivity index (χ0) is 23.0. The number of nitrogens with zero attached hydrogens (tertiary/aromatic N) is 3. The summed E-state index contributed by atoms with van der Waals surface area (Å²) in [7, 11) is 0. The summed E-state index contributed by atoms with van der Waals surface area (Å²) in [6.45, 7) is 0.118. The Morgan fingerprint density at radius 2 is 2.03 bits per heavy atom. The minimum Gasteiger partial charge on any atom is -0.487 e. The smallest absolute Gasteiger partial charge is 0.420 e. The number of anilines is 1. The van der Waals surface area contributed by atoms with Crippen molar-refractivity contribution in [2.24, 2.45) is 0 Å². The van der Waals surface area contributed by atoms with Crippen molar-refractivity contribution in [2.75, 3.05) is 11.4 Å². The Hall–Kier alpha value is -3.41. The van der Waals surface area contributed by atoms with Gasteiger partial charge in [-0.15, -0.1) is 0 Å². The maximum atomic E-state index is 13.3. The lowest BCUT2D eigenvalue weighted by Crippen LogP contribution is -2.35. The van der Waals surface area contributed by atoms with Crippen molar-refractivity contribution in [3.63, 3.8) is 0 Å². The summed E-state index contributed by atoms with van der Waals surface area (Å²) in [5.41, 5.74) is -0.944. The third-order valence-electron chi connectivity index (χ3n) is 4.92. The van der Waals surface area contributed by atoms with E-state index in [-0.39, 0.29) is 17.3 Å². The quantitative estimate of drug-likeness (QED) is 0.567. The lowest BCUT2D eigenvalue weighted by Gasteiger charge is -2.31. The molecule has 0 saturated carbocycles. The highest BCUT2D eigenvalue weighted by Crippen LogP contribution is 2.37. The molecule has 0 amide bonds. The highest BCUT2D eigenvalue weighted by molar-refractivity contribution is 6.33. The maximum absolute atomic E-state index is 13.3. The second-order valence-corrected chi connectivity index (χ2v) is 7.32. The van der Waals surface area contributed by atoms with Crippen molar-refractivity contribution in [1.29, 1.82) is 0 Å². The summed E-state index contributed by atoms with van der Waals surface area (Å²) < 4.78 is 58.2. The van der Waals surface area contributed by atoms with Crippen LogP contribution in [0.1, 0.15) is 22.5 Å². The van der Waals surface area contributed by atoms with E-state index in [0.29, 0.717) is 36.0 Å². The SMILES string of the molecule is O=c1nc(COc2ccc(F)cc2C(F)(F)F)c2c([nH]1)CN(c1cn[nH]c(=O)c1Cl)CC2. The molecular weight excluding hydrogens is 458 g/mol. The first-order valence-electron chi connectivity index (χ1n) is 9.22. The van der Waals surface area contributed by atoms with Gasteiger partial charge in [0, 0.05) is 17.8 Å². The molecule has 13 heteroatoms. The summed E-state index contributed by atoms with van der Waals surface area (Å²) in [5.74, 6) is -1.63. The molecule has 1 aromatic carbocycles. The molecule has 0 aliphatic carbocycles. The van der Waals surface area contributed by atoms with Crippen LogP contribution in [-0.4, -0.2) is 26.7 Å². The molecule has 168 valence electrons. The van der Waals surface area contributed by atoms with E-state index in [9.17, 15) is 27.2 Å². The van der Waals surface area contributed by atoms with Crippen molar-refractivity contribution in [1.82, 2.24) is 20.2 Å². The molecule has 32 heavy (non-hydrogen) atoms. The van der Waals surface area contributed by atoms with E-state index in [1.807, 2.05) is 0 Å². The zero-order valence-electron chi connectivity index (χ0n) is 16.1. The largest absolute Gasteiger partial charge is 0.487 e. The number of alkyl halides is 3. The van der Waals surface area contributed by atoms with Crippen LogP contribution in [-0.2, 0) is 25.7 Å². The Bertz CT molecular complexity index is 1290. The zero-order valence-corrected chi connectivity index (χ0v) is 16.8. The van der Waals surface area contributed by atoms with Crippen molar-refractivity contribution in [3.05, 3.63) is 78.6 Å². The molecule has 0 atom stereocenters. The molecule has 1 aliphatic rings. The number of H-pyrrole nitrogens is 2. The summed E-state index contributed by atoms with van der Waals surface area (Å²) >= 11 is 6.05. The van der Waals surface area contributed by atoms with Gasteiger partial charge in [0.2, 0.25) is 0 Å². The number of aromatic nitrogens is 4. The van der Waals surface area contributed by atoms with Crippen LogP contribution in [0.3, 0.4) is 0 Å². The topological polar surface area (TPSA) is 104 Å². The van der Waals surface area contributed by atoms with Crippen molar-refractivity contribution in [3.8, 4) is 5.75 Å². The Kier molecular flexibility index (Phi) is 5.63. The minimum atomic E-state index is -4.82. The molecule has 0 spiro atoms. The fraction of sp³-hybridized carbons (Fsp3) is 0.263. The van der Waals surface area contributed by atoms with Gasteiger partial charge in [-0.05, 0) is 24.6 Å². The van der Waals surface area contributed by atoms with E-state index in [2.05, 4.69) is 20.2 Å². The normalized spacial score (nSPS) is 13.7. The number of aromatic amines is 2. The number of hydrogen-bond donors (Lipinski definition) is 2. The average Bonchev–Trinajstić information content (AvgIpc) is 2.73. The standard InChI is InChI=1S/C19H14ClF4N5O3/c20-16-14(6-25-28-17(16)30)29-4-3-10-12(7-29)26-18(31)27-13(10)8-32-15-2-1-9(21)5-11(15)19(22,23)24/h1-2,5-6H,3-4,7-8H2,(H,28,30)(H,26,27,31). The first kappa shape index (κ1) is 21.8. The Morgan fingerprint density at radius 1 is 1.25 bits per heavy atom. The number of halogens is 5. The predicted molar refractivity (Wildman–Crippen MR) is 105 cm³/mol. The number of nitrogens with one attached hydrogen (secondary N) is 2. The number of fused-ring (bicyclic) bond motifs is 1. The molecule has 1 aliphatic heterocycles. The molecule has 4 rings (SSSR count). The number of rotatable bonds is 4. The predicted octanol–water partition coefficient (Wildman–Crippen LogP) is 2.81. The third-order valence-corrected chi connectivity index (χ3v) is 5.28. The van der Waals surface area contributed by atoms with Gasteiger partial charge in [0.1, 0.15) is 28.8 Å². The van der Waals surface area contributed by atoms with Crippen LogP contribution in [0.5, 0.6) is 5.75 Å². The molecule has 3 heterocycles.